The third-order valence-corrected chi connectivity index (χ3v) is 4.48. The summed E-state index contributed by atoms with van der Waals surface area (Å²) in [6, 6.07) is 5.69. The number of rotatable bonds is 4. The lowest BCUT2D eigenvalue weighted by Crippen LogP contribution is -2.46. The van der Waals surface area contributed by atoms with Gasteiger partial charge in [-0.2, -0.15) is 0 Å². The molecule has 2 aromatic rings. The Morgan fingerprint density at radius 2 is 2.17 bits per heavy atom. The molecular formula is C17H21N3O3. The van der Waals surface area contributed by atoms with Crippen LogP contribution >= 0.6 is 0 Å². The van der Waals surface area contributed by atoms with Gasteiger partial charge in [-0.3, -0.25) is 4.79 Å². The van der Waals surface area contributed by atoms with E-state index >= 15 is 0 Å². The summed E-state index contributed by atoms with van der Waals surface area (Å²) in [4.78, 5) is 16.9. The Balaban J connectivity index is 1.82. The number of ether oxygens (including phenoxy) is 1. The maximum absolute atomic E-state index is 12.7. The van der Waals surface area contributed by atoms with Crippen LogP contribution in [-0.2, 0) is 9.53 Å². The third kappa shape index (κ3) is 3.13. The number of oxazole rings is 1. The van der Waals surface area contributed by atoms with Gasteiger partial charge in [-0.1, -0.05) is 6.07 Å². The predicted octanol–water partition coefficient (Wildman–Crippen LogP) is 2.34. The van der Waals surface area contributed by atoms with Crippen LogP contribution in [0.5, 0.6) is 0 Å². The van der Waals surface area contributed by atoms with Gasteiger partial charge in [0.15, 0.2) is 0 Å². The molecule has 0 atom stereocenters. The number of benzene rings is 1. The van der Waals surface area contributed by atoms with Gasteiger partial charge in [0.25, 0.3) is 0 Å². The zero-order valence-corrected chi connectivity index (χ0v) is 13.2. The zero-order chi connectivity index (χ0) is 16.3. The first-order valence-electron chi connectivity index (χ1n) is 7.74. The Kier molecular flexibility index (Phi) is 4.45. The van der Waals surface area contributed by atoms with Gasteiger partial charge in [-0.05, 0) is 37.5 Å². The molecule has 6 heteroatoms. The number of aryl methyl sites for hydroxylation is 1. The van der Waals surface area contributed by atoms with Crippen LogP contribution < -0.4 is 11.1 Å². The van der Waals surface area contributed by atoms with Gasteiger partial charge in [0.05, 0.1) is 11.6 Å². The van der Waals surface area contributed by atoms with Crippen molar-refractivity contribution in [2.24, 2.45) is 11.1 Å². The van der Waals surface area contributed by atoms with Crippen molar-refractivity contribution in [1.82, 2.24) is 4.98 Å². The fraction of sp³-hybridized carbons (Fsp3) is 0.412. The fourth-order valence-electron chi connectivity index (χ4n) is 2.84. The van der Waals surface area contributed by atoms with Crippen LogP contribution in [0.25, 0.3) is 11.5 Å². The van der Waals surface area contributed by atoms with E-state index in [1.807, 2.05) is 25.1 Å². The Bertz CT molecular complexity index is 676. The average Bonchev–Trinajstić information content (AvgIpc) is 3.11. The van der Waals surface area contributed by atoms with Gasteiger partial charge in [0.1, 0.15) is 6.26 Å². The largest absolute Gasteiger partial charge is 0.445 e. The molecule has 1 aromatic heterocycles. The van der Waals surface area contributed by atoms with Crippen LogP contribution in [0.4, 0.5) is 5.69 Å². The van der Waals surface area contributed by atoms with E-state index in [9.17, 15) is 4.79 Å². The van der Waals surface area contributed by atoms with Crippen molar-refractivity contribution in [3.63, 3.8) is 0 Å². The molecule has 122 valence electrons. The number of hydrogen-bond donors (Lipinski definition) is 2. The molecule has 1 aromatic carbocycles. The monoisotopic (exact) mass is 315 g/mol. The molecule has 3 rings (SSSR count). The van der Waals surface area contributed by atoms with Crippen LogP contribution in [-0.4, -0.2) is 30.6 Å². The Hall–Kier alpha value is -2.18. The summed E-state index contributed by atoms with van der Waals surface area (Å²) in [5.74, 6) is 0.490. The summed E-state index contributed by atoms with van der Waals surface area (Å²) < 4.78 is 10.7. The first kappa shape index (κ1) is 15.7. The van der Waals surface area contributed by atoms with Crippen LogP contribution in [0.15, 0.2) is 35.1 Å². The third-order valence-electron chi connectivity index (χ3n) is 4.48. The summed E-state index contributed by atoms with van der Waals surface area (Å²) in [5, 5.41) is 2.99. The first-order valence-corrected chi connectivity index (χ1v) is 7.74. The number of aromatic nitrogens is 1. The molecule has 1 aliphatic heterocycles. The number of nitrogens with two attached hydrogens (primary N) is 1. The molecule has 0 radical (unpaired) electrons. The highest BCUT2D eigenvalue weighted by Crippen LogP contribution is 2.32. The van der Waals surface area contributed by atoms with Crippen molar-refractivity contribution in [3.8, 4) is 11.5 Å². The van der Waals surface area contributed by atoms with Crippen molar-refractivity contribution in [2.45, 2.75) is 19.8 Å². The molecule has 0 saturated carbocycles. The van der Waals surface area contributed by atoms with E-state index in [-0.39, 0.29) is 5.91 Å². The molecule has 23 heavy (non-hydrogen) atoms. The highest BCUT2D eigenvalue weighted by atomic mass is 16.5. The van der Waals surface area contributed by atoms with Gasteiger partial charge in [0, 0.05) is 31.0 Å². The number of nitrogens with zero attached hydrogens (tertiary/aromatic N) is 1. The zero-order valence-electron chi connectivity index (χ0n) is 13.2. The molecule has 0 bridgehead atoms. The smallest absolute Gasteiger partial charge is 0.232 e. The molecule has 3 N–H and O–H groups in total. The molecular weight excluding hydrogens is 294 g/mol. The molecule has 1 amide bonds. The number of carbonyl (C=O) groups is 1. The Morgan fingerprint density at radius 1 is 1.39 bits per heavy atom. The summed E-state index contributed by atoms with van der Waals surface area (Å²) in [6.07, 6.45) is 4.43. The van der Waals surface area contributed by atoms with E-state index in [0.29, 0.717) is 44.2 Å². The second-order valence-electron chi connectivity index (χ2n) is 5.92. The van der Waals surface area contributed by atoms with Crippen molar-refractivity contribution in [1.29, 1.82) is 0 Å². The topological polar surface area (TPSA) is 90.4 Å². The summed E-state index contributed by atoms with van der Waals surface area (Å²) in [7, 11) is 0. The van der Waals surface area contributed by atoms with Crippen molar-refractivity contribution < 1.29 is 13.9 Å². The minimum atomic E-state index is -0.549. The highest BCUT2D eigenvalue weighted by molar-refractivity contribution is 5.96. The van der Waals surface area contributed by atoms with Crippen molar-refractivity contribution in [2.75, 3.05) is 25.1 Å². The highest BCUT2D eigenvalue weighted by Gasteiger charge is 2.38. The number of amides is 1. The SMILES string of the molecule is Cc1ccc(NC(=O)C2(CN)CCOCC2)cc1-c1ncco1. The molecule has 1 aliphatic rings. The second kappa shape index (κ2) is 6.52. The first-order chi connectivity index (χ1) is 11.1. The number of nitrogens with one attached hydrogen (secondary N) is 1. The van der Waals surface area contributed by atoms with E-state index in [2.05, 4.69) is 10.3 Å². The fourth-order valence-corrected chi connectivity index (χ4v) is 2.84. The van der Waals surface area contributed by atoms with E-state index in [1.54, 1.807) is 6.20 Å². The van der Waals surface area contributed by atoms with Crippen LogP contribution in [0.1, 0.15) is 18.4 Å². The van der Waals surface area contributed by atoms with E-state index in [4.69, 9.17) is 14.9 Å². The lowest BCUT2D eigenvalue weighted by atomic mass is 9.79. The number of hydrogen-bond acceptors (Lipinski definition) is 5. The van der Waals surface area contributed by atoms with E-state index in [0.717, 1.165) is 11.1 Å². The summed E-state index contributed by atoms with van der Waals surface area (Å²) >= 11 is 0. The quantitative estimate of drug-likeness (QED) is 0.904. The molecule has 0 aliphatic carbocycles. The van der Waals surface area contributed by atoms with E-state index < -0.39 is 5.41 Å². The van der Waals surface area contributed by atoms with E-state index in [1.165, 1.54) is 6.26 Å². The summed E-state index contributed by atoms with van der Waals surface area (Å²) in [6.45, 7) is 3.44. The minimum Gasteiger partial charge on any atom is -0.445 e. The van der Waals surface area contributed by atoms with Gasteiger partial charge >= 0.3 is 0 Å². The molecule has 1 saturated heterocycles. The predicted molar refractivity (Wildman–Crippen MR) is 86.8 cm³/mol. The van der Waals surface area contributed by atoms with Crippen LogP contribution in [0.2, 0.25) is 0 Å². The normalized spacial score (nSPS) is 17.0. The van der Waals surface area contributed by atoms with Gasteiger partial charge in [-0.25, -0.2) is 4.98 Å². The maximum Gasteiger partial charge on any atom is 0.232 e. The van der Waals surface area contributed by atoms with Crippen LogP contribution in [0.3, 0.4) is 0 Å². The molecule has 0 spiro atoms. The van der Waals surface area contributed by atoms with Crippen molar-refractivity contribution in [3.05, 3.63) is 36.2 Å². The minimum absolute atomic E-state index is 0.0505. The number of anilines is 1. The maximum atomic E-state index is 12.7. The van der Waals surface area contributed by atoms with Gasteiger partial charge in [0.2, 0.25) is 11.8 Å². The van der Waals surface area contributed by atoms with Gasteiger partial charge in [-0.15, -0.1) is 0 Å². The molecule has 1 fully saturated rings. The second-order valence-corrected chi connectivity index (χ2v) is 5.92. The van der Waals surface area contributed by atoms with Crippen LogP contribution in [0, 0.1) is 12.3 Å². The average molecular weight is 315 g/mol. The molecule has 6 nitrogen and oxygen atoms in total. The lowest BCUT2D eigenvalue weighted by Gasteiger charge is -2.34. The Labute approximate surface area is 135 Å². The standard InChI is InChI=1S/C17H21N3O3/c1-12-2-3-13(10-14(12)15-19-6-9-23-15)20-16(21)17(11-18)4-7-22-8-5-17/h2-3,6,9-10H,4-5,7-8,11,18H2,1H3,(H,20,21). The van der Waals surface area contributed by atoms with Crippen molar-refractivity contribution >= 4 is 11.6 Å². The Morgan fingerprint density at radius 3 is 2.83 bits per heavy atom. The number of carbonyl (C=O) groups excluding carboxylic acids is 1. The molecule has 2 heterocycles. The summed E-state index contributed by atoms with van der Waals surface area (Å²) in [5.41, 5.74) is 7.94. The van der Waals surface area contributed by atoms with Gasteiger partial charge < -0.3 is 20.2 Å². The lowest BCUT2D eigenvalue weighted by molar-refractivity contribution is -0.130. The molecule has 0 unspecified atom stereocenters.